The lowest BCUT2D eigenvalue weighted by molar-refractivity contribution is -0.0167. The van der Waals surface area contributed by atoms with E-state index in [-0.39, 0.29) is 11.9 Å². The number of ether oxygens (including phenoxy) is 1. The first-order valence-corrected chi connectivity index (χ1v) is 5.76. The molecule has 2 aliphatic heterocycles. The van der Waals surface area contributed by atoms with Crippen molar-refractivity contribution in [3.8, 4) is 0 Å². The van der Waals surface area contributed by atoms with E-state index in [9.17, 15) is 9.59 Å². The first-order valence-electron chi connectivity index (χ1n) is 5.76. The first-order chi connectivity index (χ1) is 8.16. The van der Waals surface area contributed by atoms with Gasteiger partial charge >= 0.3 is 12.1 Å². The molecule has 2 rings (SSSR count). The number of nitrogens with two attached hydrogens (primary N) is 1. The Labute approximate surface area is 106 Å². The largest absolute Gasteiger partial charge is 0.444 e. The second-order valence-electron chi connectivity index (χ2n) is 5.71. The number of amides is 3. The lowest BCUT2D eigenvalue weighted by Gasteiger charge is -2.50. The number of hydrogen-bond donors (Lipinski definition) is 1. The topological polar surface area (TPSA) is 88.2 Å². The highest BCUT2D eigenvalue weighted by atomic mass is 16.6. The van der Waals surface area contributed by atoms with Crippen LogP contribution < -0.4 is 5.73 Å². The number of carbonyl (C=O) groups excluding carboxylic acids is 2. The molecule has 0 aromatic rings. The molecule has 2 heterocycles. The average molecular weight is 254 g/mol. The van der Waals surface area contributed by atoms with Gasteiger partial charge in [-0.1, -0.05) is 0 Å². The fourth-order valence-corrected chi connectivity index (χ4v) is 2.05. The predicted molar refractivity (Wildman–Crippen MR) is 65.3 cm³/mol. The van der Waals surface area contributed by atoms with Crippen LogP contribution in [0.4, 0.5) is 9.59 Å². The molecule has 7 heteroatoms. The van der Waals surface area contributed by atoms with Gasteiger partial charge in [-0.2, -0.15) is 4.99 Å². The zero-order valence-corrected chi connectivity index (χ0v) is 11.1. The number of likely N-dealkylation sites (tertiary alicyclic amines) is 1. The molecule has 3 amide bonds. The maximum absolute atomic E-state index is 11.8. The highest BCUT2D eigenvalue weighted by Crippen LogP contribution is 2.32. The van der Waals surface area contributed by atoms with Gasteiger partial charge in [0.2, 0.25) is 0 Å². The van der Waals surface area contributed by atoms with Crippen molar-refractivity contribution in [3.63, 3.8) is 0 Å². The molecule has 2 N–H and O–H groups in total. The summed E-state index contributed by atoms with van der Waals surface area (Å²) in [6.07, 6.45) is -0.395. The molecule has 0 aromatic carbocycles. The Bertz CT molecular complexity index is 432. The molecule has 7 nitrogen and oxygen atoms in total. The maximum Gasteiger partial charge on any atom is 0.410 e. The number of amidine groups is 1. The lowest BCUT2D eigenvalue weighted by atomic mass is 9.88. The van der Waals surface area contributed by atoms with E-state index in [1.807, 2.05) is 20.8 Å². The van der Waals surface area contributed by atoms with E-state index in [1.165, 1.54) is 9.80 Å². The Morgan fingerprint density at radius 2 is 2.00 bits per heavy atom. The third-order valence-corrected chi connectivity index (χ3v) is 3.18. The van der Waals surface area contributed by atoms with Crippen molar-refractivity contribution < 1.29 is 14.3 Å². The van der Waals surface area contributed by atoms with E-state index in [0.29, 0.717) is 13.1 Å². The van der Waals surface area contributed by atoms with Crippen molar-refractivity contribution in [1.29, 1.82) is 0 Å². The van der Waals surface area contributed by atoms with Crippen molar-refractivity contribution in [3.05, 3.63) is 0 Å². The molecule has 0 unspecified atom stereocenters. The van der Waals surface area contributed by atoms with Gasteiger partial charge in [-0.3, -0.25) is 0 Å². The summed E-state index contributed by atoms with van der Waals surface area (Å²) in [6, 6.07) is -0.365. The summed E-state index contributed by atoms with van der Waals surface area (Å²) < 4.78 is 5.24. The van der Waals surface area contributed by atoms with Crippen LogP contribution in [0, 0.1) is 0 Å². The minimum atomic E-state index is -0.631. The molecule has 0 saturated carbocycles. The summed E-state index contributed by atoms with van der Waals surface area (Å²) in [5.74, 6) is 0.273. The number of urea groups is 1. The van der Waals surface area contributed by atoms with Crippen LogP contribution >= 0.6 is 0 Å². The van der Waals surface area contributed by atoms with Gasteiger partial charge in [0.05, 0.1) is 13.1 Å². The maximum atomic E-state index is 11.8. The third kappa shape index (κ3) is 1.79. The Balaban J connectivity index is 2.01. The van der Waals surface area contributed by atoms with E-state index >= 15 is 0 Å². The van der Waals surface area contributed by atoms with E-state index in [1.54, 1.807) is 7.05 Å². The van der Waals surface area contributed by atoms with Crippen LogP contribution in [0.3, 0.4) is 0 Å². The van der Waals surface area contributed by atoms with Gasteiger partial charge in [-0.25, -0.2) is 9.59 Å². The van der Waals surface area contributed by atoms with Crippen LogP contribution in [0.1, 0.15) is 20.8 Å². The zero-order valence-electron chi connectivity index (χ0n) is 11.1. The molecule has 0 atom stereocenters. The van der Waals surface area contributed by atoms with Crippen LogP contribution in [0.5, 0.6) is 0 Å². The molecule has 0 bridgehead atoms. The minimum absolute atomic E-state index is 0.273. The summed E-state index contributed by atoms with van der Waals surface area (Å²) in [5.41, 5.74) is 4.59. The standard InChI is InChI=1S/C11H18N4O3/c1-10(2,3)18-9(17)15-5-11(6-15)7(12)13-8(16)14(11)4/h5-6H2,1-4H3,(H2,12,13,16). The number of nitrogens with zero attached hydrogens (tertiary/aromatic N) is 3. The van der Waals surface area contributed by atoms with Gasteiger partial charge < -0.3 is 20.3 Å². The Hall–Kier alpha value is -1.79. The second kappa shape index (κ2) is 3.60. The molecule has 1 saturated heterocycles. The monoisotopic (exact) mass is 254 g/mol. The molecule has 100 valence electrons. The Morgan fingerprint density at radius 1 is 1.44 bits per heavy atom. The number of likely N-dealkylation sites (N-methyl/N-ethyl adjacent to an activating group) is 1. The van der Waals surface area contributed by atoms with Crippen LogP contribution in [0.2, 0.25) is 0 Å². The quantitative estimate of drug-likeness (QED) is 0.677. The van der Waals surface area contributed by atoms with Gasteiger partial charge in [0.15, 0.2) is 0 Å². The summed E-state index contributed by atoms with van der Waals surface area (Å²) in [5, 5.41) is 0. The fraction of sp³-hybridized carbons (Fsp3) is 0.727. The van der Waals surface area contributed by atoms with Crippen LogP contribution in [-0.4, -0.2) is 59.0 Å². The lowest BCUT2D eigenvalue weighted by Crippen LogP contribution is -2.74. The van der Waals surface area contributed by atoms with Gasteiger partial charge in [-0.05, 0) is 20.8 Å². The van der Waals surface area contributed by atoms with Crippen LogP contribution in [0.15, 0.2) is 4.99 Å². The molecule has 18 heavy (non-hydrogen) atoms. The second-order valence-corrected chi connectivity index (χ2v) is 5.71. The number of carbonyl (C=O) groups is 2. The highest BCUT2D eigenvalue weighted by molar-refractivity contribution is 6.07. The fourth-order valence-electron chi connectivity index (χ4n) is 2.05. The van der Waals surface area contributed by atoms with Crippen LogP contribution in [0.25, 0.3) is 0 Å². The van der Waals surface area contributed by atoms with Crippen molar-refractivity contribution in [2.24, 2.45) is 10.7 Å². The molecule has 0 aliphatic carbocycles. The van der Waals surface area contributed by atoms with Gasteiger partial charge in [0.25, 0.3) is 0 Å². The predicted octanol–water partition coefficient (Wildman–Crippen LogP) is 0.399. The molecule has 2 aliphatic rings. The highest BCUT2D eigenvalue weighted by Gasteiger charge is 2.57. The van der Waals surface area contributed by atoms with Crippen molar-refractivity contribution in [2.45, 2.75) is 31.9 Å². The summed E-state index contributed by atoms with van der Waals surface area (Å²) in [7, 11) is 1.64. The van der Waals surface area contributed by atoms with E-state index in [0.717, 1.165) is 0 Å². The van der Waals surface area contributed by atoms with Gasteiger partial charge in [0.1, 0.15) is 17.0 Å². The van der Waals surface area contributed by atoms with Crippen molar-refractivity contribution in [2.75, 3.05) is 20.1 Å². The number of hydrogen-bond acceptors (Lipinski definition) is 4. The van der Waals surface area contributed by atoms with Crippen LogP contribution in [-0.2, 0) is 4.74 Å². The number of aliphatic imine (C=N–C) groups is 1. The van der Waals surface area contributed by atoms with Crippen molar-refractivity contribution >= 4 is 18.0 Å². The number of rotatable bonds is 0. The van der Waals surface area contributed by atoms with E-state index < -0.39 is 17.2 Å². The SMILES string of the molecule is CN1C(=O)N=C(N)C12CN(C(=O)OC(C)(C)C)C2. The summed E-state index contributed by atoms with van der Waals surface area (Å²) in [4.78, 5) is 29.9. The smallest absolute Gasteiger partial charge is 0.410 e. The first kappa shape index (κ1) is 12.7. The van der Waals surface area contributed by atoms with Crippen molar-refractivity contribution in [1.82, 2.24) is 9.80 Å². The third-order valence-electron chi connectivity index (χ3n) is 3.18. The minimum Gasteiger partial charge on any atom is -0.444 e. The summed E-state index contributed by atoms with van der Waals surface area (Å²) >= 11 is 0. The normalized spacial score (nSPS) is 22.0. The Kier molecular flexibility index (Phi) is 2.53. The Morgan fingerprint density at radius 3 is 2.39 bits per heavy atom. The van der Waals surface area contributed by atoms with Gasteiger partial charge in [-0.15, -0.1) is 0 Å². The molecule has 0 aromatic heterocycles. The van der Waals surface area contributed by atoms with E-state index in [2.05, 4.69) is 4.99 Å². The average Bonchev–Trinajstić information content (AvgIpc) is 2.32. The van der Waals surface area contributed by atoms with Gasteiger partial charge in [0, 0.05) is 7.05 Å². The molecule has 1 spiro atoms. The zero-order chi connectivity index (χ0) is 13.7. The molecular formula is C11H18N4O3. The molecular weight excluding hydrogens is 236 g/mol. The summed E-state index contributed by atoms with van der Waals surface area (Å²) in [6.45, 7) is 6.09. The molecule has 1 fully saturated rings. The van der Waals surface area contributed by atoms with E-state index in [4.69, 9.17) is 10.5 Å². The molecule has 0 radical (unpaired) electrons.